The molecule has 1 aromatic heterocycles. The van der Waals surface area contributed by atoms with E-state index in [1.165, 1.54) is 33.3 Å². The highest BCUT2D eigenvalue weighted by Gasteiger charge is 2.29. The van der Waals surface area contributed by atoms with Crippen LogP contribution in [-0.4, -0.2) is 74.1 Å². The number of H-pyrrole nitrogens is 1. The third kappa shape index (κ3) is 6.96. The van der Waals surface area contributed by atoms with Crippen LogP contribution >= 0.6 is 0 Å². The van der Waals surface area contributed by atoms with E-state index >= 15 is 0 Å². The molecule has 0 aromatic carbocycles. The predicted octanol–water partition coefficient (Wildman–Crippen LogP) is -2.76. The molecule has 156 valence electrons. The van der Waals surface area contributed by atoms with Gasteiger partial charge in [0.25, 0.3) is 0 Å². The molecule has 5 atom stereocenters. The summed E-state index contributed by atoms with van der Waals surface area (Å²) in [5.41, 5.74) is 6.12. The number of carbonyl (C=O) groups is 4. The van der Waals surface area contributed by atoms with E-state index in [-0.39, 0.29) is 6.42 Å². The summed E-state index contributed by atoms with van der Waals surface area (Å²) in [7, 11) is 0. The molecule has 3 amide bonds. The highest BCUT2D eigenvalue weighted by Crippen LogP contribution is 2.01. The number of aliphatic hydroxyl groups is 1. The summed E-state index contributed by atoms with van der Waals surface area (Å²) < 4.78 is 0. The summed E-state index contributed by atoms with van der Waals surface area (Å²) in [6, 6.07) is -4.53. The maximum atomic E-state index is 12.6. The van der Waals surface area contributed by atoms with Crippen molar-refractivity contribution in [2.24, 2.45) is 5.73 Å². The molecule has 1 aromatic rings. The molecule has 0 aliphatic heterocycles. The zero-order chi connectivity index (χ0) is 21.4. The van der Waals surface area contributed by atoms with Crippen molar-refractivity contribution < 1.29 is 29.4 Å². The van der Waals surface area contributed by atoms with Crippen molar-refractivity contribution in [3.8, 4) is 0 Å². The third-order valence-electron chi connectivity index (χ3n) is 3.92. The van der Waals surface area contributed by atoms with E-state index in [0.29, 0.717) is 5.69 Å². The number of aromatic nitrogens is 2. The quantitative estimate of drug-likeness (QED) is 0.220. The second kappa shape index (κ2) is 10.4. The number of amides is 3. The number of nitrogens with one attached hydrogen (secondary N) is 4. The molecule has 0 bridgehead atoms. The number of hydrogen-bond donors (Lipinski definition) is 7. The van der Waals surface area contributed by atoms with Crippen LogP contribution in [0.4, 0.5) is 0 Å². The topological polar surface area (TPSA) is 200 Å². The van der Waals surface area contributed by atoms with E-state index in [0.717, 1.165) is 0 Å². The molecule has 12 nitrogen and oxygen atoms in total. The smallest absolute Gasteiger partial charge is 0.325 e. The fourth-order valence-corrected chi connectivity index (χ4v) is 2.09. The lowest BCUT2D eigenvalue weighted by atomic mass is 10.1. The van der Waals surface area contributed by atoms with Gasteiger partial charge in [-0.25, -0.2) is 4.98 Å². The van der Waals surface area contributed by atoms with Gasteiger partial charge in [0.05, 0.1) is 12.4 Å². The zero-order valence-corrected chi connectivity index (χ0v) is 15.8. The molecule has 0 saturated carbocycles. The second-order valence-corrected chi connectivity index (χ2v) is 6.41. The van der Waals surface area contributed by atoms with E-state index in [9.17, 15) is 24.3 Å². The second-order valence-electron chi connectivity index (χ2n) is 6.41. The lowest BCUT2D eigenvalue weighted by molar-refractivity contribution is -0.141. The average molecular weight is 398 g/mol. The van der Waals surface area contributed by atoms with Crippen LogP contribution in [0.25, 0.3) is 0 Å². The van der Waals surface area contributed by atoms with Gasteiger partial charge in [-0.2, -0.15) is 0 Å². The SMILES string of the molecule is CC(NC(=O)C(C)NC(=O)C(Cc1cnc[nH]1)NC(=O)C(N)C(C)O)C(=O)O. The largest absolute Gasteiger partial charge is 0.480 e. The Kier molecular flexibility index (Phi) is 8.54. The first-order chi connectivity index (χ1) is 13.0. The van der Waals surface area contributed by atoms with Crippen LogP contribution in [0.15, 0.2) is 12.5 Å². The van der Waals surface area contributed by atoms with Gasteiger partial charge in [0.2, 0.25) is 17.7 Å². The molecule has 1 heterocycles. The first-order valence-corrected chi connectivity index (χ1v) is 8.57. The van der Waals surface area contributed by atoms with Crippen molar-refractivity contribution in [2.45, 2.75) is 57.5 Å². The number of carboxylic acid groups (broad SMARTS) is 1. The monoisotopic (exact) mass is 398 g/mol. The summed E-state index contributed by atoms with van der Waals surface area (Å²) in [6.45, 7) is 4.00. The molecule has 12 heteroatoms. The lowest BCUT2D eigenvalue weighted by Crippen LogP contribution is -2.57. The predicted molar refractivity (Wildman–Crippen MR) is 96.7 cm³/mol. The Balaban J connectivity index is 2.81. The summed E-state index contributed by atoms with van der Waals surface area (Å²) in [4.78, 5) is 54.1. The number of carboxylic acids is 1. The Bertz CT molecular complexity index is 692. The van der Waals surface area contributed by atoms with Crippen LogP contribution in [0, 0.1) is 0 Å². The highest BCUT2D eigenvalue weighted by molar-refractivity contribution is 5.94. The van der Waals surface area contributed by atoms with Crippen LogP contribution in [0.3, 0.4) is 0 Å². The summed E-state index contributed by atoms with van der Waals surface area (Å²) in [5, 5.41) is 25.4. The van der Waals surface area contributed by atoms with Crippen molar-refractivity contribution in [1.29, 1.82) is 0 Å². The molecule has 0 saturated heterocycles. The standard InChI is InChI=1S/C16H26N6O6/c1-7(13(24)21-8(2)16(27)28)20-14(25)11(4-10-5-18-6-19-10)22-15(26)12(17)9(3)23/h5-9,11-12,23H,4,17H2,1-3H3,(H,18,19)(H,20,25)(H,21,24)(H,22,26)(H,27,28). The molecular weight excluding hydrogens is 372 g/mol. The fourth-order valence-electron chi connectivity index (χ4n) is 2.09. The van der Waals surface area contributed by atoms with Gasteiger partial charge in [-0.3, -0.25) is 19.2 Å². The Morgan fingerprint density at radius 1 is 1.07 bits per heavy atom. The van der Waals surface area contributed by atoms with Crippen LogP contribution in [0.1, 0.15) is 26.5 Å². The van der Waals surface area contributed by atoms with E-state index in [1.54, 1.807) is 0 Å². The number of aliphatic hydroxyl groups excluding tert-OH is 1. The average Bonchev–Trinajstić information content (AvgIpc) is 3.12. The van der Waals surface area contributed by atoms with Gasteiger partial charge in [-0.1, -0.05) is 0 Å². The minimum absolute atomic E-state index is 0.0317. The molecule has 0 spiro atoms. The Labute approximate surface area is 161 Å². The molecule has 8 N–H and O–H groups in total. The van der Waals surface area contributed by atoms with Crippen LogP contribution in [0.2, 0.25) is 0 Å². The Hall–Kier alpha value is -2.99. The number of aliphatic carboxylic acids is 1. The number of nitrogens with zero attached hydrogens (tertiary/aromatic N) is 1. The maximum absolute atomic E-state index is 12.6. The Morgan fingerprint density at radius 2 is 1.68 bits per heavy atom. The summed E-state index contributed by atoms with van der Waals surface area (Å²) >= 11 is 0. The van der Waals surface area contributed by atoms with Gasteiger partial charge in [-0.15, -0.1) is 0 Å². The first kappa shape index (κ1) is 23.0. The van der Waals surface area contributed by atoms with Crippen molar-refractivity contribution >= 4 is 23.7 Å². The van der Waals surface area contributed by atoms with Crippen molar-refractivity contribution in [1.82, 2.24) is 25.9 Å². The van der Waals surface area contributed by atoms with Crippen LogP contribution in [0.5, 0.6) is 0 Å². The molecule has 28 heavy (non-hydrogen) atoms. The first-order valence-electron chi connectivity index (χ1n) is 8.57. The number of nitrogens with two attached hydrogens (primary N) is 1. The molecule has 0 radical (unpaired) electrons. The van der Waals surface area contributed by atoms with Gasteiger partial charge in [0.1, 0.15) is 24.2 Å². The van der Waals surface area contributed by atoms with Crippen LogP contribution in [-0.2, 0) is 25.6 Å². The number of aromatic amines is 1. The molecular formula is C16H26N6O6. The number of rotatable bonds is 10. The Morgan fingerprint density at radius 3 is 2.18 bits per heavy atom. The van der Waals surface area contributed by atoms with E-state index in [4.69, 9.17) is 10.8 Å². The minimum Gasteiger partial charge on any atom is -0.480 e. The molecule has 0 aliphatic rings. The third-order valence-corrected chi connectivity index (χ3v) is 3.92. The maximum Gasteiger partial charge on any atom is 0.325 e. The van der Waals surface area contributed by atoms with Gasteiger partial charge < -0.3 is 36.9 Å². The van der Waals surface area contributed by atoms with Crippen LogP contribution < -0.4 is 21.7 Å². The number of imidazole rings is 1. The molecule has 5 unspecified atom stereocenters. The van der Waals surface area contributed by atoms with Gasteiger partial charge >= 0.3 is 5.97 Å². The van der Waals surface area contributed by atoms with Gasteiger partial charge in [0.15, 0.2) is 0 Å². The zero-order valence-electron chi connectivity index (χ0n) is 15.8. The molecule has 1 rings (SSSR count). The van der Waals surface area contributed by atoms with Gasteiger partial charge in [-0.05, 0) is 20.8 Å². The fraction of sp³-hybridized carbons (Fsp3) is 0.562. The summed E-state index contributed by atoms with van der Waals surface area (Å²) in [5.74, 6) is -3.35. The molecule has 0 fully saturated rings. The van der Waals surface area contributed by atoms with Crippen molar-refractivity contribution in [3.05, 3.63) is 18.2 Å². The summed E-state index contributed by atoms with van der Waals surface area (Å²) in [6.07, 6.45) is 1.77. The highest BCUT2D eigenvalue weighted by atomic mass is 16.4. The van der Waals surface area contributed by atoms with Crippen molar-refractivity contribution in [2.75, 3.05) is 0 Å². The van der Waals surface area contributed by atoms with Crippen molar-refractivity contribution in [3.63, 3.8) is 0 Å². The number of hydrogen-bond acceptors (Lipinski definition) is 7. The van der Waals surface area contributed by atoms with E-state index in [2.05, 4.69) is 25.9 Å². The van der Waals surface area contributed by atoms with E-state index in [1.807, 2.05) is 0 Å². The minimum atomic E-state index is -1.24. The lowest BCUT2D eigenvalue weighted by Gasteiger charge is -2.23. The number of carbonyl (C=O) groups excluding carboxylic acids is 3. The molecule has 0 aliphatic carbocycles. The van der Waals surface area contributed by atoms with Gasteiger partial charge in [0, 0.05) is 18.3 Å². The van der Waals surface area contributed by atoms with E-state index < -0.39 is 54.0 Å². The normalized spacial score (nSPS) is 16.2.